The van der Waals surface area contributed by atoms with Crippen molar-refractivity contribution in [3.8, 4) is 11.3 Å². The van der Waals surface area contributed by atoms with Gasteiger partial charge < -0.3 is 34.7 Å². The first kappa shape index (κ1) is 43.9. The van der Waals surface area contributed by atoms with E-state index in [0.717, 1.165) is 69.8 Å². The number of benzene rings is 1. The largest absolute Gasteiger partial charge is 0.392 e. The van der Waals surface area contributed by atoms with Crippen LogP contribution in [0.3, 0.4) is 0 Å². The van der Waals surface area contributed by atoms with E-state index >= 15 is 0 Å². The van der Waals surface area contributed by atoms with E-state index in [0.29, 0.717) is 64.8 Å². The average Bonchev–Trinajstić information content (AvgIpc) is 3.80. The highest BCUT2D eigenvalue weighted by atomic mass is 16.3. The van der Waals surface area contributed by atoms with Gasteiger partial charge in [-0.1, -0.05) is 34.3 Å². The first-order valence-corrected chi connectivity index (χ1v) is 23.0. The van der Waals surface area contributed by atoms with Gasteiger partial charge in [0.2, 0.25) is 5.91 Å². The maximum absolute atomic E-state index is 14.0. The number of rotatable bonds is 11. The Morgan fingerprint density at radius 3 is 2.51 bits per heavy atom. The Balaban J connectivity index is 0.923. The third-order valence-corrected chi connectivity index (χ3v) is 13.8. The summed E-state index contributed by atoms with van der Waals surface area (Å²) in [5, 5.41) is 17.1. The number of piperidine rings is 1. The Morgan fingerprint density at radius 2 is 1.77 bits per heavy atom. The molecule has 2 amide bonds. The highest BCUT2D eigenvalue weighted by molar-refractivity contribution is 6.06. The third kappa shape index (κ3) is 8.54. The van der Waals surface area contributed by atoms with Crippen molar-refractivity contribution in [3.63, 3.8) is 0 Å². The van der Waals surface area contributed by atoms with E-state index < -0.39 is 6.61 Å². The second-order valence-electron chi connectivity index (χ2n) is 19.2. The number of anilines is 6. The number of aliphatic hydroxyl groups excluding tert-OH is 1. The monoisotopic (exact) mass is 879 g/mol. The molecule has 340 valence electrons. The average molecular weight is 880 g/mol. The molecule has 1 aliphatic carbocycles. The molecule has 0 radical (unpaired) electrons. The zero-order valence-corrected chi connectivity index (χ0v) is 38.5. The Kier molecular flexibility index (Phi) is 11.9. The number of amides is 2. The van der Waals surface area contributed by atoms with Crippen LogP contribution in [-0.2, 0) is 37.8 Å². The molecule has 2 saturated heterocycles. The number of aromatic nitrogens is 5. The molecular formula is C50H61N11O4. The number of carbonyl (C=O) groups excluding carboxylic acids is 2. The molecule has 1 unspecified atom stereocenters. The summed E-state index contributed by atoms with van der Waals surface area (Å²) in [6.07, 6.45) is 10.5. The summed E-state index contributed by atoms with van der Waals surface area (Å²) >= 11 is 0. The maximum Gasteiger partial charge on any atom is 0.293 e. The van der Waals surface area contributed by atoms with Crippen LogP contribution in [0.4, 0.5) is 34.4 Å². The summed E-state index contributed by atoms with van der Waals surface area (Å²) in [4.78, 5) is 63.6. The predicted octanol–water partition coefficient (Wildman–Crippen LogP) is 6.49. The quantitative estimate of drug-likeness (QED) is 0.125. The van der Waals surface area contributed by atoms with Gasteiger partial charge in [-0.2, -0.15) is 0 Å². The lowest BCUT2D eigenvalue weighted by Gasteiger charge is -2.47. The molecule has 9 rings (SSSR count). The third-order valence-electron chi connectivity index (χ3n) is 13.8. The number of fused-ring (bicyclic) bond motifs is 3. The molecule has 3 N–H and O–H groups in total. The first-order valence-electron chi connectivity index (χ1n) is 23.0. The van der Waals surface area contributed by atoms with Crippen molar-refractivity contribution in [3.05, 3.63) is 112 Å². The van der Waals surface area contributed by atoms with E-state index in [-0.39, 0.29) is 34.6 Å². The number of pyridine rings is 2. The van der Waals surface area contributed by atoms with E-state index in [9.17, 15) is 19.5 Å². The molecule has 3 aliphatic heterocycles. The van der Waals surface area contributed by atoms with Gasteiger partial charge in [0.1, 0.15) is 11.5 Å². The van der Waals surface area contributed by atoms with E-state index in [2.05, 4.69) is 93.2 Å². The van der Waals surface area contributed by atoms with Crippen molar-refractivity contribution in [2.45, 2.75) is 91.5 Å². The fraction of sp³-hybridized carbons (Fsp3) is 0.440. The Morgan fingerprint density at radius 1 is 0.985 bits per heavy atom. The van der Waals surface area contributed by atoms with Crippen LogP contribution in [-0.4, -0.2) is 97.3 Å². The molecule has 0 bridgehead atoms. The van der Waals surface area contributed by atoms with Gasteiger partial charge in [-0.25, -0.2) is 9.97 Å². The molecule has 7 heterocycles. The first-order chi connectivity index (χ1) is 31.2. The minimum atomic E-state index is -0.396. The minimum absolute atomic E-state index is 0.0580. The zero-order chi connectivity index (χ0) is 45.7. The van der Waals surface area contributed by atoms with Gasteiger partial charge in [-0.05, 0) is 98.0 Å². The summed E-state index contributed by atoms with van der Waals surface area (Å²) < 4.78 is 3.59. The van der Waals surface area contributed by atoms with Crippen LogP contribution in [0.15, 0.2) is 78.5 Å². The van der Waals surface area contributed by atoms with Crippen molar-refractivity contribution >= 4 is 46.2 Å². The molecule has 1 atom stereocenters. The molecular weight excluding hydrogens is 819 g/mol. The maximum atomic E-state index is 14.0. The van der Waals surface area contributed by atoms with Gasteiger partial charge in [-0.3, -0.25) is 29.2 Å². The summed E-state index contributed by atoms with van der Waals surface area (Å²) in [5.41, 5.74) is 8.72. The second-order valence-corrected chi connectivity index (χ2v) is 19.2. The molecule has 4 aromatic heterocycles. The number of nitrogens with one attached hydrogen (secondary N) is 2. The highest BCUT2D eigenvalue weighted by Crippen LogP contribution is 2.40. The van der Waals surface area contributed by atoms with Crippen LogP contribution >= 0.6 is 0 Å². The molecule has 5 aromatic rings. The Hall–Kier alpha value is -6.32. The Bertz CT molecular complexity index is 2710. The number of hydrogen-bond acceptors (Lipinski definition) is 11. The van der Waals surface area contributed by atoms with Crippen molar-refractivity contribution in [2.24, 2.45) is 12.5 Å². The lowest BCUT2D eigenvalue weighted by molar-refractivity contribution is -0.111. The van der Waals surface area contributed by atoms with Gasteiger partial charge in [0.15, 0.2) is 5.82 Å². The normalized spacial score (nSPS) is 18.8. The second kappa shape index (κ2) is 17.6. The SMILES string of the molecule is C=CC(=O)Nc1cc(Nc2nc(-c3ccnc(N4CCn5c(cc6c5CC(C)(C)C6)C4=O)c3CO)cn(C)c2=O)ccc1N1CCN(C2CCN(c3ccnc(C(C)C)c3)CC2)CC1C. The molecule has 15 nitrogen and oxygen atoms in total. The van der Waals surface area contributed by atoms with E-state index in [1.165, 1.54) is 27.6 Å². The van der Waals surface area contributed by atoms with Gasteiger partial charge in [0.05, 0.1) is 23.7 Å². The van der Waals surface area contributed by atoms with Gasteiger partial charge in [0.25, 0.3) is 11.5 Å². The topological polar surface area (TPSA) is 157 Å². The van der Waals surface area contributed by atoms with Crippen LogP contribution in [0.2, 0.25) is 0 Å². The van der Waals surface area contributed by atoms with E-state index in [1.54, 1.807) is 30.4 Å². The number of carbonyl (C=O) groups is 2. The van der Waals surface area contributed by atoms with E-state index in [4.69, 9.17) is 4.98 Å². The van der Waals surface area contributed by atoms with Crippen LogP contribution < -0.4 is 30.9 Å². The fourth-order valence-electron chi connectivity index (χ4n) is 10.4. The number of aliphatic hydroxyl groups is 1. The summed E-state index contributed by atoms with van der Waals surface area (Å²) in [6, 6.07) is 14.5. The number of hydrogen-bond donors (Lipinski definition) is 3. The van der Waals surface area contributed by atoms with Crippen molar-refractivity contribution in [1.29, 1.82) is 0 Å². The van der Waals surface area contributed by atoms with Crippen LogP contribution in [0.25, 0.3) is 11.3 Å². The standard InChI is InChI=1S/C50H61N11O4/c1-8-45(63)54-40-24-34(9-10-42(40)59-20-19-58(28-32(59)4)35-13-17-57(18-14-35)36-11-15-51-39(25-36)31(2)3)53-46-49(65)56(7)29-41(55-46)37-12-16-52-47(38(37)30-62)61-22-21-60-43(48(61)64)23-33-26-50(5,6)27-44(33)60/h8-12,15-16,23-25,29,31-32,35,62H,1,13-14,17-22,26-28,30H2,2-7H3,(H,53,55)(H,54,63). The molecule has 1 aromatic carbocycles. The van der Waals surface area contributed by atoms with Crippen LogP contribution in [0.5, 0.6) is 0 Å². The molecule has 0 spiro atoms. The number of piperazine rings is 1. The van der Waals surface area contributed by atoms with Crippen LogP contribution in [0, 0.1) is 5.41 Å². The smallest absolute Gasteiger partial charge is 0.293 e. The number of aryl methyl sites for hydroxylation is 1. The molecule has 4 aliphatic rings. The molecule has 0 saturated carbocycles. The molecule has 15 heteroatoms. The van der Waals surface area contributed by atoms with Crippen LogP contribution in [0.1, 0.15) is 86.4 Å². The Labute approximate surface area is 380 Å². The van der Waals surface area contributed by atoms with Crippen molar-refractivity contribution in [1.82, 2.24) is 29.0 Å². The lowest BCUT2D eigenvalue weighted by atomic mass is 9.90. The van der Waals surface area contributed by atoms with Crippen molar-refractivity contribution < 1.29 is 14.7 Å². The summed E-state index contributed by atoms with van der Waals surface area (Å²) in [6.45, 7) is 20.0. The summed E-state index contributed by atoms with van der Waals surface area (Å²) in [7, 11) is 1.65. The van der Waals surface area contributed by atoms with Gasteiger partial charge in [0, 0.05) is 117 Å². The van der Waals surface area contributed by atoms with Crippen molar-refractivity contribution in [2.75, 3.05) is 64.6 Å². The molecule has 65 heavy (non-hydrogen) atoms. The zero-order valence-electron chi connectivity index (χ0n) is 38.5. The minimum Gasteiger partial charge on any atom is -0.392 e. The predicted molar refractivity (Wildman–Crippen MR) is 256 cm³/mol. The lowest BCUT2D eigenvalue weighted by Crippen LogP contribution is -2.57. The van der Waals surface area contributed by atoms with Gasteiger partial charge >= 0.3 is 0 Å². The number of nitrogens with zero attached hydrogens (tertiary/aromatic N) is 9. The fourth-order valence-corrected chi connectivity index (χ4v) is 10.4. The van der Waals surface area contributed by atoms with Gasteiger partial charge in [-0.15, -0.1) is 0 Å². The highest BCUT2D eigenvalue weighted by Gasteiger charge is 2.38. The summed E-state index contributed by atoms with van der Waals surface area (Å²) in [5.74, 6) is 0.322. The van der Waals surface area contributed by atoms with E-state index in [1.807, 2.05) is 30.5 Å². The molecule has 2 fully saturated rings.